The van der Waals surface area contributed by atoms with Gasteiger partial charge in [-0.1, -0.05) is 6.92 Å². The molecule has 0 N–H and O–H groups in total. The third-order valence-electron chi connectivity index (χ3n) is 5.07. The standard InChI is InChI=1S/C11H23OS.C8HF17O3S/c1-6-7-11(12)8-13(9(2)3)10(4)5;9-1(10,3(13,14)5(17,18)7(21,22)23)2(11,12)4(15,16)6(19,20)8(24,25)29(26,27)28/h9-10H,6-8H2,1-5H3;(H,26,27,28)/q+1;/p-1. The molecule has 0 atom stereocenters. The van der Waals surface area contributed by atoms with Gasteiger partial charge in [-0.2, -0.15) is 74.6 Å². The normalized spacial score (nSPS) is 15.3. The lowest BCUT2D eigenvalue weighted by Crippen LogP contribution is -2.75. The lowest BCUT2D eigenvalue weighted by atomic mass is 9.91. The van der Waals surface area contributed by atoms with Crippen LogP contribution in [0, 0.1) is 0 Å². The molecule has 0 saturated heterocycles. The van der Waals surface area contributed by atoms with Crippen LogP contribution in [-0.4, -0.2) is 82.0 Å². The molecule has 0 fully saturated rings. The maximum absolute atomic E-state index is 13.0. The van der Waals surface area contributed by atoms with Gasteiger partial charge in [-0.25, -0.2) is 8.42 Å². The summed E-state index contributed by atoms with van der Waals surface area (Å²) in [6, 6.07) is 0. The lowest BCUT2D eigenvalue weighted by Gasteiger charge is -2.42. The van der Waals surface area contributed by atoms with Crippen molar-refractivity contribution in [3.05, 3.63) is 0 Å². The molecule has 254 valence electrons. The minimum atomic E-state index is -8.92. The molecule has 4 nitrogen and oxygen atoms in total. The van der Waals surface area contributed by atoms with Gasteiger partial charge in [0.05, 0.1) is 0 Å². The Hall–Kier alpha value is -1.26. The van der Waals surface area contributed by atoms with Crippen molar-refractivity contribution in [2.75, 3.05) is 5.75 Å². The SMILES string of the molecule is CCCC(=O)C[S+](C(C)C)C(C)C.O=S(=O)([O-])C(F)(F)C(F)(F)C(F)(F)C(F)(F)C(F)(F)C(F)(F)C(F)(F)C(F)(F)F. The molecule has 0 saturated carbocycles. The molecule has 0 aromatic heterocycles. The van der Waals surface area contributed by atoms with Gasteiger partial charge in [0, 0.05) is 6.42 Å². The second-order valence-electron chi connectivity index (χ2n) is 8.91. The highest BCUT2D eigenvalue weighted by Gasteiger charge is 2.95. The zero-order chi connectivity index (χ0) is 34.9. The summed E-state index contributed by atoms with van der Waals surface area (Å²) >= 11 is 0. The number of alkyl halides is 17. The number of rotatable bonds is 13. The largest absolute Gasteiger partial charge is 0.743 e. The number of halogens is 17. The zero-order valence-corrected chi connectivity index (χ0v) is 23.3. The van der Waals surface area contributed by atoms with Crippen molar-refractivity contribution in [2.24, 2.45) is 0 Å². The summed E-state index contributed by atoms with van der Waals surface area (Å²) in [7, 11) is -7.85. The Morgan fingerprint density at radius 1 is 0.619 bits per heavy atom. The van der Waals surface area contributed by atoms with Gasteiger partial charge in [-0.15, -0.1) is 0 Å². The third kappa shape index (κ3) is 7.51. The number of carbonyl (C=O) groups excluding carboxylic acids is 1. The lowest BCUT2D eigenvalue weighted by molar-refractivity contribution is -0.458. The van der Waals surface area contributed by atoms with Crippen molar-refractivity contribution in [2.45, 2.75) is 105 Å². The van der Waals surface area contributed by atoms with Gasteiger partial charge in [0.2, 0.25) is 0 Å². The molecule has 0 rings (SSSR count). The zero-order valence-electron chi connectivity index (χ0n) is 21.7. The first kappa shape index (κ1) is 42.9. The van der Waals surface area contributed by atoms with E-state index < -0.39 is 57.1 Å². The van der Waals surface area contributed by atoms with E-state index in [0.29, 0.717) is 27.2 Å². The van der Waals surface area contributed by atoms with E-state index in [4.69, 9.17) is 0 Å². The Balaban J connectivity index is 0. The highest BCUT2D eigenvalue weighted by molar-refractivity contribution is 7.98. The monoisotopic (exact) mass is 702 g/mol. The van der Waals surface area contributed by atoms with E-state index in [1.807, 2.05) is 0 Å². The van der Waals surface area contributed by atoms with Crippen molar-refractivity contribution < 1.29 is 92.4 Å². The first-order valence-corrected chi connectivity index (χ1v) is 13.8. The molecule has 0 unspecified atom stereocenters. The Morgan fingerprint density at radius 2 is 0.905 bits per heavy atom. The molecule has 0 aromatic rings. The summed E-state index contributed by atoms with van der Waals surface area (Å²) in [6.07, 6.45) is -6.13. The maximum atomic E-state index is 13.0. The van der Waals surface area contributed by atoms with E-state index >= 15 is 0 Å². The minimum Gasteiger partial charge on any atom is -0.743 e. The van der Waals surface area contributed by atoms with Gasteiger partial charge in [0.1, 0.15) is 10.5 Å². The van der Waals surface area contributed by atoms with E-state index in [1.165, 1.54) is 0 Å². The van der Waals surface area contributed by atoms with Crippen molar-refractivity contribution in [1.29, 1.82) is 0 Å². The first-order chi connectivity index (χ1) is 18.0. The average molecular weight is 702 g/mol. The van der Waals surface area contributed by atoms with Gasteiger partial charge < -0.3 is 4.55 Å². The summed E-state index contributed by atoms with van der Waals surface area (Å²) in [5.41, 5.74) is 0. The predicted molar refractivity (Wildman–Crippen MR) is 113 cm³/mol. The average Bonchev–Trinajstić information content (AvgIpc) is 2.75. The van der Waals surface area contributed by atoms with Crippen molar-refractivity contribution in [3.8, 4) is 0 Å². The molecular formula is C19H23F17O4S2. The Kier molecular flexibility index (Phi) is 13.3. The molecule has 0 bridgehead atoms. The number of hydrogen-bond donors (Lipinski definition) is 0. The molecule has 0 spiro atoms. The number of hydrogen-bond acceptors (Lipinski definition) is 4. The predicted octanol–water partition coefficient (Wildman–Crippen LogP) is 7.29. The summed E-state index contributed by atoms with van der Waals surface area (Å²) < 4.78 is 244. The van der Waals surface area contributed by atoms with Crippen LogP contribution in [0.25, 0.3) is 0 Å². The van der Waals surface area contributed by atoms with Gasteiger partial charge in [0.25, 0.3) is 0 Å². The van der Waals surface area contributed by atoms with Crippen LogP contribution in [0.4, 0.5) is 74.6 Å². The third-order valence-corrected chi connectivity index (χ3v) is 9.04. The van der Waals surface area contributed by atoms with Crippen molar-refractivity contribution >= 4 is 26.8 Å². The summed E-state index contributed by atoms with van der Waals surface area (Å²) in [5.74, 6) is -50.9. The van der Waals surface area contributed by atoms with Crippen LogP contribution in [0.15, 0.2) is 0 Å². The fraction of sp³-hybridized carbons (Fsp3) is 0.947. The molecule has 0 heterocycles. The first-order valence-electron chi connectivity index (χ1n) is 10.9. The van der Waals surface area contributed by atoms with Crippen LogP contribution in [0.1, 0.15) is 47.5 Å². The van der Waals surface area contributed by atoms with E-state index in [0.717, 1.165) is 18.6 Å². The maximum Gasteiger partial charge on any atom is 0.460 e. The fourth-order valence-corrected chi connectivity index (χ4v) is 5.43. The molecular weight excluding hydrogens is 679 g/mol. The van der Waals surface area contributed by atoms with E-state index in [1.54, 1.807) is 0 Å². The Morgan fingerprint density at radius 3 is 1.14 bits per heavy atom. The van der Waals surface area contributed by atoms with Crippen molar-refractivity contribution in [3.63, 3.8) is 0 Å². The molecule has 23 heteroatoms. The minimum absolute atomic E-state index is 0.291. The number of Topliss-reactive ketones (excluding diaryl/α,β-unsaturated/α-hetero) is 1. The summed E-state index contributed by atoms with van der Waals surface area (Å²) in [5, 5.41) is -6.65. The van der Waals surface area contributed by atoms with Crippen LogP contribution >= 0.6 is 0 Å². The highest BCUT2D eigenvalue weighted by atomic mass is 32.2. The van der Waals surface area contributed by atoms with Gasteiger partial charge in [-0.3, -0.25) is 4.79 Å². The van der Waals surface area contributed by atoms with E-state index in [-0.39, 0.29) is 0 Å². The van der Waals surface area contributed by atoms with E-state index in [2.05, 4.69) is 34.6 Å². The van der Waals surface area contributed by atoms with Crippen LogP contribution < -0.4 is 0 Å². The van der Waals surface area contributed by atoms with E-state index in [9.17, 15) is 92.4 Å². The van der Waals surface area contributed by atoms with Gasteiger partial charge in [-0.05, 0) is 45.0 Å². The number of carbonyl (C=O) groups is 1. The molecule has 0 radical (unpaired) electrons. The Labute approximate surface area is 230 Å². The second-order valence-corrected chi connectivity index (χ2v) is 13.4. The number of ketones is 1. The van der Waals surface area contributed by atoms with Gasteiger partial charge in [0.15, 0.2) is 21.7 Å². The molecule has 42 heavy (non-hydrogen) atoms. The smallest absolute Gasteiger partial charge is 0.460 e. The molecule has 0 aliphatic rings. The molecule has 0 aliphatic carbocycles. The molecule has 0 aliphatic heterocycles. The Bertz CT molecular complexity index is 1010. The van der Waals surface area contributed by atoms with Crippen LogP contribution in [0.3, 0.4) is 0 Å². The second kappa shape index (κ2) is 13.0. The fourth-order valence-electron chi connectivity index (χ4n) is 2.72. The van der Waals surface area contributed by atoms with Crippen LogP contribution in [0.2, 0.25) is 0 Å². The molecule has 0 amide bonds. The van der Waals surface area contributed by atoms with Gasteiger partial charge >= 0.3 is 47.0 Å². The van der Waals surface area contributed by atoms with Crippen LogP contribution in [0.5, 0.6) is 0 Å². The quantitative estimate of drug-likeness (QED) is 0.115. The van der Waals surface area contributed by atoms with Crippen LogP contribution in [-0.2, 0) is 25.8 Å². The topological polar surface area (TPSA) is 74.3 Å². The molecule has 0 aromatic carbocycles. The summed E-state index contributed by atoms with van der Waals surface area (Å²) in [6.45, 7) is 11.0. The van der Waals surface area contributed by atoms with Crippen molar-refractivity contribution in [1.82, 2.24) is 0 Å². The highest BCUT2D eigenvalue weighted by Crippen LogP contribution is 2.64. The summed E-state index contributed by atoms with van der Waals surface area (Å²) in [4.78, 5) is 11.5.